The monoisotopic (exact) mass is 280 g/mol. The van der Waals surface area contributed by atoms with Crippen molar-refractivity contribution < 1.29 is 4.74 Å². The second-order valence-corrected chi connectivity index (χ2v) is 5.79. The highest BCUT2D eigenvalue weighted by Crippen LogP contribution is 2.34. The summed E-state index contributed by atoms with van der Waals surface area (Å²) in [6.07, 6.45) is 1.03. The molecule has 0 radical (unpaired) electrons. The van der Waals surface area contributed by atoms with E-state index in [1.165, 1.54) is 0 Å². The summed E-state index contributed by atoms with van der Waals surface area (Å²) in [4.78, 5) is 0. The summed E-state index contributed by atoms with van der Waals surface area (Å²) >= 11 is 8.03. The van der Waals surface area contributed by atoms with Gasteiger partial charge in [-0.2, -0.15) is 0 Å². The molecule has 3 nitrogen and oxygen atoms in total. The Morgan fingerprint density at radius 2 is 2.11 bits per heavy atom. The molecule has 0 spiro atoms. The Hall–Kier alpha value is -0.970. The van der Waals surface area contributed by atoms with Gasteiger partial charge in [0, 0.05) is 12.5 Å². The van der Waals surface area contributed by atoms with E-state index >= 15 is 0 Å². The van der Waals surface area contributed by atoms with Crippen molar-refractivity contribution in [2.75, 3.05) is 13.2 Å². The zero-order valence-corrected chi connectivity index (χ0v) is 11.3. The molecule has 2 unspecified atom stereocenters. The van der Waals surface area contributed by atoms with E-state index in [0.717, 1.165) is 35.2 Å². The van der Waals surface area contributed by atoms with Gasteiger partial charge in [0.1, 0.15) is 15.4 Å². The van der Waals surface area contributed by atoms with Gasteiger partial charge in [-0.3, -0.25) is 0 Å². The van der Waals surface area contributed by atoms with Gasteiger partial charge in [0.15, 0.2) is 0 Å². The number of hydrogen-bond acceptors (Lipinski definition) is 4. The third kappa shape index (κ3) is 2.41. The number of nitrogens with zero attached hydrogens (tertiary/aromatic N) is 2. The molecule has 2 aromatic rings. The summed E-state index contributed by atoms with van der Waals surface area (Å²) in [5, 5.41) is 10.2. The van der Waals surface area contributed by atoms with Crippen LogP contribution in [0.2, 0.25) is 0 Å². The lowest BCUT2D eigenvalue weighted by molar-refractivity contribution is 0.194. The standard InChI is InChI=1S/C13H13ClN2OS/c14-11(9-4-2-1-3-5-9)13-16-15-12(18-13)10-6-7-17-8-10/h1-5,10-11H,6-8H2. The fraction of sp³-hybridized carbons (Fsp3) is 0.385. The molecular weight excluding hydrogens is 268 g/mol. The molecule has 0 N–H and O–H groups in total. The number of rotatable bonds is 3. The van der Waals surface area contributed by atoms with E-state index in [-0.39, 0.29) is 5.38 Å². The van der Waals surface area contributed by atoms with Gasteiger partial charge >= 0.3 is 0 Å². The molecule has 1 aliphatic rings. The van der Waals surface area contributed by atoms with Crippen molar-refractivity contribution in [1.82, 2.24) is 10.2 Å². The quantitative estimate of drug-likeness (QED) is 0.809. The van der Waals surface area contributed by atoms with E-state index in [0.29, 0.717) is 5.92 Å². The van der Waals surface area contributed by atoms with E-state index in [1.807, 2.05) is 30.3 Å². The van der Waals surface area contributed by atoms with Crippen LogP contribution in [0.25, 0.3) is 0 Å². The van der Waals surface area contributed by atoms with E-state index in [1.54, 1.807) is 11.3 Å². The SMILES string of the molecule is ClC(c1ccccc1)c1nnc(C2CCOC2)s1. The van der Waals surface area contributed by atoms with Crippen LogP contribution in [0, 0.1) is 0 Å². The molecule has 2 heterocycles. The average molecular weight is 281 g/mol. The summed E-state index contributed by atoms with van der Waals surface area (Å²) < 4.78 is 5.37. The molecule has 0 saturated carbocycles. The highest BCUT2D eigenvalue weighted by molar-refractivity contribution is 7.11. The Bertz CT molecular complexity index is 511. The molecule has 1 fully saturated rings. The van der Waals surface area contributed by atoms with Gasteiger partial charge in [-0.1, -0.05) is 41.7 Å². The van der Waals surface area contributed by atoms with Crippen molar-refractivity contribution in [2.24, 2.45) is 0 Å². The van der Waals surface area contributed by atoms with Crippen LogP contribution in [0.15, 0.2) is 30.3 Å². The van der Waals surface area contributed by atoms with E-state index in [4.69, 9.17) is 16.3 Å². The number of benzene rings is 1. The van der Waals surface area contributed by atoms with Crippen molar-refractivity contribution in [3.05, 3.63) is 45.9 Å². The predicted octanol–water partition coefficient (Wildman–Crippen LogP) is 3.37. The molecule has 1 aromatic carbocycles. The minimum absolute atomic E-state index is 0.209. The molecule has 5 heteroatoms. The van der Waals surface area contributed by atoms with Crippen LogP contribution in [0.1, 0.15) is 33.3 Å². The van der Waals surface area contributed by atoms with Crippen molar-refractivity contribution in [2.45, 2.75) is 17.7 Å². The summed E-state index contributed by atoms with van der Waals surface area (Å²) in [7, 11) is 0. The molecular formula is C13H13ClN2OS. The van der Waals surface area contributed by atoms with Crippen molar-refractivity contribution in [1.29, 1.82) is 0 Å². The maximum atomic E-state index is 6.43. The van der Waals surface area contributed by atoms with Gasteiger partial charge in [-0.05, 0) is 12.0 Å². The maximum Gasteiger partial charge on any atom is 0.139 e. The van der Waals surface area contributed by atoms with Gasteiger partial charge in [-0.15, -0.1) is 21.8 Å². The van der Waals surface area contributed by atoms with Crippen LogP contribution < -0.4 is 0 Å². The first-order valence-electron chi connectivity index (χ1n) is 5.94. The Morgan fingerprint density at radius 3 is 2.83 bits per heavy atom. The molecule has 0 bridgehead atoms. The first-order valence-corrected chi connectivity index (χ1v) is 7.20. The molecule has 1 aliphatic heterocycles. The maximum absolute atomic E-state index is 6.43. The van der Waals surface area contributed by atoms with E-state index in [9.17, 15) is 0 Å². The summed E-state index contributed by atoms with van der Waals surface area (Å²) in [6, 6.07) is 9.97. The number of hydrogen-bond donors (Lipinski definition) is 0. The van der Waals surface area contributed by atoms with E-state index < -0.39 is 0 Å². The largest absolute Gasteiger partial charge is 0.381 e. The first kappa shape index (κ1) is 12.1. The van der Waals surface area contributed by atoms with Crippen LogP contribution in [0.5, 0.6) is 0 Å². The van der Waals surface area contributed by atoms with Gasteiger partial charge in [0.25, 0.3) is 0 Å². The number of halogens is 1. The minimum atomic E-state index is -0.209. The van der Waals surface area contributed by atoms with Crippen molar-refractivity contribution in [3.63, 3.8) is 0 Å². The number of aromatic nitrogens is 2. The molecule has 94 valence electrons. The lowest BCUT2D eigenvalue weighted by Crippen LogP contribution is -1.95. The zero-order valence-electron chi connectivity index (χ0n) is 9.75. The summed E-state index contributed by atoms with van der Waals surface area (Å²) in [5.74, 6) is 0.399. The minimum Gasteiger partial charge on any atom is -0.381 e. The van der Waals surface area contributed by atoms with Crippen LogP contribution in [0.4, 0.5) is 0 Å². The molecule has 2 atom stereocenters. The first-order chi connectivity index (χ1) is 8.84. The molecule has 0 amide bonds. The lowest BCUT2D eigenvalue weighted by atomic mass is 10.1. The molecule has 0 aliphatic carbocycles. The molecule has 18 heavy (non-hydrogen) atoms. The van der Waals surface area contributed by atoms with E-state index in [2.05, 4.69) is 10.2 Å². The zero-order chi connectivity index (χ0) is 12.4. The van der Waals surface area contributed by atoms with Gasteiger partial charge < -0.3 is 4.74 Å². The Balaban J connectivity index is 1.80. The van der Waals surface area contributed by atoms with Gasteiger partial charge in [0.2, 0.25) is 0 Å². The van der Waals surface area contributed by atoms with Crippen LogP contribution in [-0.2, 0) is 4.74 Å². The fourth-order valence-electron chi connectivity index (χ4n) is 2.01. The van der Waals surface area contributed by atoms with Gasteiger partial charge in [0.05, 0.1) is 6.61 Å². The average Bonchev–Trinajstić information content (AvgIpc) is 3.09. The third-order valence-corrected chi connectivity index (χ3v) is 4.78. The smallest absolute Gasteiger partial charge is 0.139 e. The lowest BCUT2D eigenvalue weighted by Gasteiger charge is -2.04. The van der Waals surface area contributed by atoms with Crippen molar-refractivity contribution in [3.8, 4) is 0 Å². The highest BCUT2D eigenvalue weighted by atomic mass is 35.5. The molecule has 1 aromatic heterocycles. The highest BCUT2D eigenvalue weighted by Gasteiger charge is 2.24. The predicted molar refractivity (Wildman–Crippen MR) is 72.2 cm³/mol. The second-order valence-electron chi connectivity index (χ2n) is 4.31. The Kier molecular flexibility index (Phi) is 3.59. The summed E-state index contributed by atoms with van der Waals surface area (Å²) in [6.45, 7) is 1.58. The fourth-order valence-corrected chi connectivity index (χ4v) is 3.30. The second kappa shape index (κ2) is 5.34. The third-order valence-electron chi connectivity index (χ3n) is 3.04. The van der Waals surface area contributed by atoms with Gasteiger partial charge in [-0.25, -0.2) is 0 Å². The van der Waals surface area contributed by atoms with Crippen LogP contribution >= 0.6 is 22.9 Å². The van der Waals surface area contributed by atoms with Crippen LogP contribution in [-0.4, -0.2) is 23.4 Å². The number of ether oxygens (including phenoxy) is 1. The van der Waals surface area contributed by atoms with Crippen LogP contribution in [0.3, 0.4) is 0 Å². The Morgan fingerprint density at radius 1 is 1.28 bits per heavy atom. The molecule has 1 saturated heterocycles. The summed E-state index contributed by atoms with van der Waals surface area (Å²) in [5.41, 5.74) is 1.06. The molecule has 3 rings (SSSR count). The Labute approximate surface area is 115 Å². The number of alkyl halides is 1. The topological polar surface area (TPSA) is 35.0 Å². The van der Waals surface area contributed by atoms with Crippen molar-refractivity contribution >= 4 is 22.9 Å². The normalized spacial score (nSPS) is 21.1.